The quantitative estimate of drug-likeness (QED) is 0.280. The molecule has 0 saturated heterocycles. The highest BCUT2D eigenvalue weighted by Gasteiger charge is 2.36. The van der Waals surface area contributed by atoms with Crippen LogP contribution in [0.5, 0.6) is 0 Å². The highest BCUT2D eigenvalue weighted by molar-refractivity contribution is 8.72. The first-order valence-corrected chi connectivity index (χ1v) is 15.7. The van der Waals surface area contributed by atoms with Crippen molar-refractivity contribution in [3.05, 3.63) is 94.3 Å². The molecular formula is C30H26N4O2S2. The Balaban J connectivity index is 1.60. The maximum Gasteiger partial charge on any atom is 0.253 e. The van der Waals surface area contributed by atoms with Crippen LogP contribution in [0.4, 0.5) is 0 Å². The van der Waals surface area contributed by atoms with Gasteiger partial charge in [-0.2, -0.15) is 10.5 Å². The Kier molecular flexibility index (Phi) is 6.39. The van der Waals surface area contributed by atoms with E-state index in [4.69, 9.17) is 0 Å². The van der Waals surface area contributed by atoms with Crippen LogP contribution >= 0.6 is 10.8 Å². The Morgan fingerprint density at radius 1 is 0.658 bits per heavy atom. The molecule has 0 bridgehead atoms. The largest absolute Gasteiger partial charge is 0.306 e. The summed E-state index contributed by atoms with van der Waals surface area (Å²) < 4.78 is 32.6. The van der Waals surface area contributed by atoms with Crippen molar-refractivity contribution in [2.75, 3.05) is 0 Å². The third-order valence-corrected chi connectivity index (χ3v) is 10.8. The number of rotatable bonds is 5. The summed E-state index contributed by atoms with van der Waals surface area (Å²) in [7, 11) is -3.40. The predicted molar refractivity (Wildman–Crippen MR) is 147 cm³/mol. The van der Waals surface area contributed by atoms with Crippen LogP contribution in [0.2, 0.25) is 0 Å². The molecule has 0 atom stereocenters. The number of hydrogen-bond donors (Lipinski definition) is 0. The summed E-state index contributed by atoms with van der Waals surface area (Å²) in [4.78, 5) is 0. The first kappa shape index (κ1) is 24.6. The van der Waals surface area contributed by atoms with E-state index in [1.54, 1.807) is 4.57 Å². The van der Waals surface area contributed by atoms with Crippen LogP contribution in [0.25, 0.3) is 11.4 Å². The molecule has 2 aromatic carbocycles. The maximum atomic E-state index is 14.4. The van der Waals surface area contributed by atoms with E-state index in [1.807, 2.05) is 65.2 Å². The summed E-state index contributed by atoms with van der Waals surface area (Å²) in [6, 6.07) is 23.6. The minimum Gasteiger partial charge on any atom is -0.306 e. The van der Waals surface area contributed by atoms with Crippen molar-refractivity contribution >= 4 is 19.7 Å². The lowest BCUT2D eigenvalue weighted by Gasteiger charge is -2.18. The van der Waals surface area contributed by atoms with Gasteiger partial charge >= 0.3 is 0 Å². The molecule has 190 valence electrons. The highest BCUT2D eigenvalue weighted by Crippen LogP contribution is 2.44. The van der Waals surface area contributed by atoms with Gasteiger partial charge in [-0.3, -0.25) is 0 Å². The van der Waals surface area contributed by atoms with E-state index in [2.05, 4.69) is 12.1 Å². The number of aromatic nitrogens is 2. The molecule has 0 aliphatic heterocycles. The standard InChI is InChI=1S/C30H26N4O2S2/c31-19-25-23-15-7-9-17-27(23)33(21-11-3-1-4-12-21)29(25)37-38(35,36)30-26(20-32)24-16-8-10-18-28(24)34(30)22-13-5-2-6-14-22/h1-6,11-14H,7-10,15-18H2. The van der Waals surface area contributed by atoms with Crippen molar-refractivity contribution in [2.45, 2.75) is 61.4 Å². The molecule has 2 aliphatic carbocycles. The molecular weight excluding hydrogens is 512 g/mol. The lowest BCUT2D eigenvalue weighted by molar-refractivity contribution is 0.601. The highest BCUT2D eigenvalue weighted by atomic mass is 33.1. The van der Waals surface area contributed by atoms with Gasteiger partial charge in [0.15, 0.2) is 5.03 Å². The zero-order valence-corrected chi connectivity index (χ0v) is 22.5. The molecule has 0 saturated carbocycles. The van der Waals surface area contributed by atoms with Gasteiger partial charge in [0.05, 0.1) is 11.1 Å². The average Bonchev–Trinajstić information content (AvgIpc) is 3.46. The van der Waals surface area contributed by atoms with Crippen molar-refractivity contribution < 1.29 is 8.42 Å². The lowest BCUT2D eigenvalue weighted by Crippen LogP contribution is -2.11. The summed E-state index contributed by atoms with van der Waals surface area (Å²) in [5, 5.41) is 20.9. The summed E-state index contributed by atoms with van der Waals surface area (Å²) >= 11 is 0. The van der Waals surface area contributed by atoms with Crippen LogP contribution in [0.1, 0.15) is 59.3 Å². The molecule has 2 aliphatic rings. The fourth-order valence-corrected chi connectivity index (χ4v) is 9.42. The van der Waals surface area contributed by atoms with Crippen molar-refractivity contribution in [2.24, 2.45) is 0 Å². The maximum absolute atomic E-state index is 14.4. The van der Waals surface area contributed by atoms with E-state index in [-0.39, 0.29) is 10.6 Å². The molecule has 0 fully saturated rings. The molecule has 4 aromatic rings. The van der Waals surface area contributed by atoms with Crippen LogP contribution in [0.3, 0.4) is 0 Å². The average molecular weight is 539 g/mol. The molecule has 0 unspecified atom stereocenters. The fourth-order valence-electron chi connectivity index (χ4n) is 5.93. The Morgan fingerprint density at radius 3 is 1.68 bits per heavy atom. The summed E-state index contributed by atoms with van der Waals surface area (Å²) in [6.45, 7) is 0. The van der Waals surface area contributed by atoms with Gasteiger partial charge in [-0.1, -0.05) is 36.4 Å². The Hall–Kier alpha value is -3.72. The van der Waals surface area contributed by atoms with E-state index in [9.17, 15) is 18.9 Å². The minimum absolute atomic E-state index is 0.0192. The van der Waals surface area contributed by atoms with E-state index in [0.717, 1.165) is 78.8 Å². The minimum atomic E-state index is -4.11. The van der Waals surface area contributed by atoms with Crippen LogP contribution < -0.4 is 0 Å². The van der Waals surface area contributed by atoms with Crippen molar-refractivity contribution in [1.82, 2.24) is 9.13 Å². The first-order valence-electron chi connectivity index (χ1n) is 12.9. The topological polar surface area (TPSA) is 91.6 Å². The van der Waals surface area contributed by atoms with Crippen molar-refractivity contribution in [3.8, 4) is 23.5 Å². The molecule has 6 rings (SSSR count). The molecule has 0 N–H and O–H groups in total. The van der Waals surface area contributed by atoms with Gasteiger partial charge in [0.1, 0.15) is 17.2 Å². The number of hydrogen-bond acceptors (Lipinski definition) is 5. The van der Waals surface area contributed by atoms with Gasteiger partial charge in [-0.15, -0.1) is 0 Å². The summed E-state index contributed by atoms with van der Waals surface area (Å²) in [5.74, 6) is 0. The Morgan fingerprint density at radius 2 is 1.13 bits per heavy atom. The molecule has 38 heavy (non-hydrogen) atoms. The van der Waals surface area contributed by atoms with E-state index < -0.39 is 8.87 Å². The lowest BCUT2D eigenvalue weighted by atomic mass is 9.95. The molecule has 0 radical (unpaired) electrons. The third kappa shape index (κ3) is 3.96. The number of fused-ring (bicyclic) bond motifs is 2. The monoisotopic (exact) mass is 538 g/mol. The van der Waals surface area contributed by atoms with E-state index in [0.29, 0.717) is 27.8 Å². The zero-order chi connectivity index (χ0) is 26.3. The molecule has 0 amide bonds. The van der Waals surface area contributed by atoms with Gasteiger partial charge in [0, 0.05) is 33.6 Å². The zero-order valence-electron chi connectivity index (χ0n) is 20.9. The van der Waals surface area contributed by atoms with Gasteiger partial charge in [-0.05, 0) is 86.8 Å². The van der Waals surface area contributed by atoms with Crippen LogP contribution in [0.15, 0.2) is 70.7 Å². The van der Waals surface area contributed by atoms with Crippen molar-refractivity contribution in [1.29, 1.82) is 10.5 Å². The normalized spacial score (nSPS) is 14.8. The Bertz CT molecular complexity index is 1720. The van der Waals surface area contributed by atoms with E-state index >= 15 is 0 Å². The second kappa shape index (κ2) is 9.87. The second-order valence-electron chi connectivity index (χ2n) is 9.73. The molecule has 6 nitrogen and oxygen atoms in total. The number of nitrogens with zero attached hydrogens (tertiary/aromatic N) is 4. The summed E-state index contributed by atoms with van der Waals surface area (Å²) in [5.41, 5.74) is 5.91. The first-order chi connectivity index (χ1) is 18.5. The number of benzene rings is 2. The Labute approximate surface area is 226 Å². The molecule has 2 heterocycles. The van der Waals surface area contributed by atoms with Gasteiger partial charge in [0.25, 0.3) is 8.87 Å². The van der Waals surface area contributed by atoms with Crippen molar-refractivity contribution in [3.63, 3.8) is 0 Å². The third-order valence-electron chi connectivity index (χ3n) is 7.53. The van der Waals surface area contributed by atoms with Crippen LogP contribution in [0, 0.1) is 22.7 Å². The summed E-state index contributed by atoms with van der Waals surface area (Å²) in [6.07, 6.45) is 6.79. The smallest absolute Gasteiger partial charge is 0.253 e. The molecule has 2 aromatic heterocycles. The molecule has 0 spiro atoms. The predicted octanol–water partition coefficient (Wildman–Crippen LogP) is 6.25. The molecule has 8 heteroatoms. The van der Waals surface area contributed by atoms with Gasteiger partial charge < -0.3 is 9.13 Å². The fraction of sp³-hybridized carbons (Fsp3) is 0.267. The van der Waals surface area contributed by atoms with Crippen LogP contribution in [-0.4, -0.2) is 17.6 Å². The van der Waals surface area contributed by atoms with Crippen LogP contribution in [-0.2, 0) is 34.6 Å². The number of para-hydroxylation sites is 2. The number of nitriles is 2. The van der Waals surface area contributed by atoms with Gasteiger partial charge in [0.2, 0.25) is 0 Å². The second-order valence-corrected chi connectivity index (χ2v) is 13.4. The van der Waals surface area contributed by atoms with E-state index in [1.165, 1.54) is 0 Å². The van der Waals surface area contributed by atoms with Gasteiger partial charge in [-0.25, -0.2) is 8.42 Å². The SMILES string of the molecule is N#Cc1c2c(n(-c3ccccc3)c1SS(=O)(=O)c1c(C#N)c3c(n1-c1ccccc1)CCCC3)CCCC2.